The van der Waals surface area contributed by atoms with Crippen LogP contribution >= 0.6 is 12.6 Å². The van der Waals surface area contributed by atoms with Crippen molar-refractivity contribution in [3.63, 3.8) is 0 Å². The van der Waals surface area contributed by atoms with Crippen LogP contribution in [0.25, 0.3) is 0 Å². The maximum Gasteiger partial charge on any atom is 0.416 e. The van der Waals surface area contributed by atoms with Gasteiger partial charge in [-0.05, 0) is 24.6 Å². The molecule has 1 aromatic rings. The number of hydrogen-bond acceptors (Lipinski definition) is 1. The SMILES string of the molecule is Cc1ccc(S)cc1C(F)(F)F. The first-order chi connectivity index (χ1) is 5.41. The van der Waals surface area contributed by atoms with E-state index in [0.717, 1.165) is 6.07 Å². The molecular weight excluding hydrogens is 185 g/mol. The highest BCUT2D eigenvalue weighted by molar-refractivity contribution is 7.80. The molecule has 0 amide bonds. The molecule has 0 bridgehead atoms. The van der Waals surface area contributed by atoms with E-state index < -0.39 is 11.7 Å². The van der Waals surface area contributed by atoms with Crippen molar-refractivity contribution < 1.29 is 13.2 Å². The van der Waals surface area contributed by atoms with Crippen molar-refractivity contribution in [3.8, 4) is 0 Å². The average molecular weight is 192 g/mol. The first-order valence-electron chi connectivity index (χ1n) is 3.28. The fourth-order valence-corrected chi connectivity index (χ4v) is 1.12. The molecule has 12 heavy (non-hydrogen) atoms. The van der Waals surface area contributed by atoms with Gasteiger partial charge in [-0.3, -0.25) is 0 Å². The van der Waals surface area contributed by atoms with Gasteiger partial charge in [0.05, 0.1) is 5.56 Å². The molecule has 1 aromatic carbocycles. The summed E-state index contributed by atoms with van der Waals surface area (Å²) in [6.45, 7) is 1.43. The summed E-state index contributed by atoms with van der Waals surface area (Å²) in [5.74, 6) is 0. The second-order valence-corrected chi connectivity index (χ2v) is 3.01. The molecule has 0 aliphatic heterocycles. The van der Waals surface area contributed by atoms with E-state index in [1.54, 1.807) is 0 Å². The summed E-state index contributed by atoms with van der Waals surface area (Å²) in [6.07, 6.45) is -4.27. The third-order valence-electron chi connectivity index (χ3n) is 1.53. The Morgan fingerprint density at radius 3 is 2.25 bits per heavy atom. The zero-order valence-electron chi connectivity index (χ0n) is 6.31. The standard InChI is InChI=1S/C8H7F3S/c1-5-2-3-6(12)4-7(5)8(9,10)11/h2-4,12H,1H3. The van der Waals surface area contributed by atoms with E-state index in [4.69, 9.17) is 0 Å². The number of alkyl halides is 3. The Balaban J connectivity index is 3.23. The van der Waals surface area contributed by atoms with Crippen LogP contribution < -0.4 is 0 Å². The Hall–Kier alpha value is -0.640. The summed E-state index contributed by atoms with van der Waals surface area (Å²) in [7, 11) is 0. The summed E-state index contributed by atoms with van der Waals surface area (Å²) in [6, 6.07) is 3.97. The summed E-state index contributed by atoms with van der Waals surface area (Å²) in [4.78, 5) is 0.327. The van der Waals surface area contributed by atoms with Crippen LogP contribution in [0.5, 0.6) is 0 Å². The molecule has 66 valence electrons. The molecule has 0 aromatic heterocycles. The van der Waals surface area contributed by atoms with Crippen LogP contribution in [0, 0.1) is 6.92 Å². The van der Waals surface area contributed by atoms with Crippen molar-refractivity contribution in [1.82, 2.24) is 0 Å². The molecule has 0 nitrogen and oxygen atoms in total. The fourth-order valence-electron chi connectivity index (χ4n) is 0.915. The minimum atomic E-state index is -4.27. The van der Waals surface area contributed by atoms with Gasteiger partial charge in [0.1, 0.15) is 0 Å². The van der Waals surface area contributed by atoms with Crippen molar-refractivity contribution in [3.05, 3.63) is 29.3 Å². The molecule has 0 unspecified atom stereocenters. The van der Waals surface area contributed by atoms with Crippen molar-refractivity contribution >= 4 is 12.6 Å². The summed E-state index contributed by atoms with van der Waals surface area (Å²) < 4.78 is 36.6. The molecule has 0 N–H and O–H groups in total. The number of thiol groups is 1. The molecule has 1 rings (SSSR count). The fraction of sp³-hybridized carbons (Fsp3) is 0.250. The molecule has 0 spiro atoms. The van der Waals surface area contributed by atoms with E-state index in [0.29, 0.717) is 4.90 Å². The minimum Gasteiger partial charge on any atom is -0.166 e. The molecule has 0 aliphatic carbocycles. The van der Waals surface area contributed by atoms with Gasteiger partial charge in [0.2, 0.25) is 0 Å². The first kappa shape index (κ1) is 9.45. The van der Waals surface area contributed by atoms with Crippen molar-refractivity contribution in [2.75, 3.05) is 0 Å². The monoisotopic (exact) mass is 192 g/mol. The molecule has 0 fully saturated rings. The zero-order valence-corrected chi connectivity index (χ0v) is 7.21. The first-order valence-corrected chi connectivity index (χ1v) is 3.73. The van der Waals surface area contributed by atoms with Gasteiger partial charge in [0.15, 0.2) is 0 Å². The average Bonchev–Trinajstić information content (AvgIpc) is 1.92. The second-order valence-electron chi connectivity index (χ2n) is 2.50. The zero-order chi connectivity index (χ0) is 9.35. The molecular formula is C8H7F3S. The van der Waals surface area contributed by atoms with E-state index in [9.17, 15) is 13.2 Å². The number of benzene rings is 1. The van der Waals surface area contributed by atoms with Crippen LogP contribution in [0.1, 0.15) is 11.1 Å². The van der Waals surface area contributed by atoms with E-state index in [1.807, 2.05) is 0 Å². The lowest BCUT2D eigenvalue weighted by atomic mass is 10.1. The van der Waals surface area contributed by atoms with E-state index in [1.165, 1.54) is 19.1 Å². The van der Waals surface area contributed by atoms with Gasteiger partial charge >= 0.3 is 6.18 Å². The Labute approximate surface area is 73.8 Å². The number of rotatable bonds is 0. The molecule has 4 heteroatoms. The van der Waals surface area contributed by atoms with Gasteiger partial charge in [-0.2, -0.15) is 13.2 Å². The highest BCUT2D eigenvalue weighted by Gasteiger charge is 2.32. The summed E-state index contributed by atoms with van der Waals surface area (Å²) in [5.41, 5.74) is -0.393. The van der Waals surface area contributed by atoms with Gasteiger partial charge in [-0.1, -0.05) is 6.07 Å². The molecule has 0 saturated heterocycles. The van der Waals surface area contributed by atoms with Crippen LogP contribution in [-0.2, 0) is 6.18 Å². The molecule has 0 saturated carbocycles. The Kier molecular flexibility index (Phi) is 2.37. The van der Waals surface area contributed by atoms with Gasteiger partial charge in [-0.25, -0.2) is 0 Å². The Bertz CT molecular complexity index is 291. The normalized spacial score (nSPS) is 11.8. The number of aryl methyl sites for hydroxylation is 1. The lowest BCUT2D eigenvalue weighted by Gasteiger charge is -2.09. The van der Waals surface area contributed by atoms with E-state index in [2.05, 4.69) is 12.6 Å². The van der Waals surface area contributed by atoms with Crippen molar-refractivity contribution in [2.45, 2.75) is 18.0 Å². The third kappa shape index (κ3) is 1.94. The van der Waals surface area contributed by atoms with Gasteiger partial charge in [0, 0.05) is 4.90 Å². The quantitative estimate of drug-likeness (QED) is 0.599. The largest absolute Gasteiger partial charge is 0.416 e. The van der Waals surface area contributed by atoms with Crippen LogP contribution in [-0.4, -0.2) is 0 Å². The lowest BCUT2D eigenvalue weighted by Crippen LogP contribution is -2.07. The Morgan fingerprint density at radius 2 is 1.83 bits per heavy atom. The predicted molar refractivity (Wildman–Crippen MR) is 43.4 cm³/mol. The van der Waals surface area contributed by atoms with Crippen LogP contribution in [0.2, 0.25) is 0 Å². The molecule has 0 radical (unpaired) electrons. The highest BCUT2D eigenvalue weighted by Crippen LogP contribution is 2.32. The van der Waals surface area contributed by atoms with Crippen molar-refractivity contribution in [1.29, 1.82) is 0 Å². The summed E-state index contributed by atoms with van der Waals surface area (Å²) in [5, 5.41) is 0. The van der Waals surface area contributed by atoms with E-state index >= 15 is 0 Å². The molecule has 0 heterocycles. The predicted octanol–water partition coefficient (Wildman–Crippen LogP) is 3.30. The number of hydrogen-bond donors (Lipinski definition) is 1. The third-order valence-corrected chi connectivity index (χ3v) is 1.80. The van der Waals surface area contributed by atoms with Gasteiger partial charge in [-0.15, -0.1) is 12.6 Å². The van der Waals surface area contributed by atoms with Crippen molar-refractivity contribution in [2.24, 2.45) is 0 Å². The number of halogens is 3. The maximum atomic E-state index is 12.2. The lowest BCUT2D eigenvalue weighted by molar-refractivity contribution is -0.138. The van der Waals surface area contributed by atoms with Crippen LogP contribution in [0.4, 0.5) is 13.2 Å². The van der Waals surface area contributed by atoms with Gasteiger partial charge < -0.3 is 0 Å². The summed E-state index contributed by atoms with van der Waals surface area (Å²) >= 11 is 3.83. The smallest absolute Gasteiger partial charge is 0.166 e. The highest BCUT2D eigenvalue weighted by atomic mass is 32.1. The molecule has 0 atom stereocenters. The topological polar surface area (TPSA) is 0 Å². The van der Waals surface area contributed by atoms with Crippen LogP contribution in [0.3, 0.4) is 0 Å². The maximum absolute atomic E-state index is 12.2. The molecule has 0 aliphatic rings. The van der Waals surface area contributed by atoms with Crippen LogP contribution in [0.15, 0.2) is 23.1 Å². The van der Waals surface area contributed by atoms with Gasteiger partial charge in [0.25, 0.3) is 0 Å². The second kappa shape index (κ2) is 3.01. The van der Waals surface area contributed by atoms with E-state index in [-0.39, 0.29) is 5.56 Å². The Morgan fingerprint density at radius 1 is 1.25 bits per heavy atom. The minimum absolute atomic E-state index is 0.223.